The molecule has 0 spiro atoms. The summed E-state index contributed by atoms with van der Waals surface area (Å²) in [5, 5.41) is 7.63. The summed E-state index contributed by atoms with van der Waals surface area (Å²) < 4.78 is 2.99. The van der Waals surface area contributed by atoms with E-state index in [2.05, 4.69) is 57.2 Å². The van der Waals surface area contributed by atoms with E-state index in [-0.39, 0.29) is 0 Å². The van der Waals surface area contributed by atoms with Gasteiger partial charge in [-0.05, 0) is 79.1 Å². The van der Waals surface area contributed by atoms with E-state index in [9.17, 15) is 0 Å². The molecule has 1 heterocycles. The second-order valence-electron chi connectivity index (χ2n) is 7.26. The summed E-state index contributed by atoms with van der Waals surface area (Å²) >= 11 is 5.49. The number of nitrogens with zero attached hydrogens (tertiary/aromatic N) is 2. The molecule has 0 aliphatic heterocycles. The summed E-state index contributed by atoms with van der Waals surface area (Å²) in [5.74, 6) is 1.02. The van der Waals surface area contributed by atoms with Crippen molar-refractivity contribution in [2.24, 2.45) is 0 Å². The second kappa shape index (κ2) is 5.95. The van der Waals surface area contributed by atoms with Crippen molar-refractivity contribution < 1.29 is 0 Å². The van der Waals surface area contributed by atoms with Crippen molar-refractivity contribution in [2.45, 2.75) is 44.6 Å². The number of hydrogen-bond acceptors (Lipinski definition) is 2. The normalized spacial score (nSPS) is 16.6. The summed E-state index contributed by atoms with van der Waals surface area (Å²) in [7, 11) is 0. The molecule has 1 saturated carbocycles. The summed E-state index contributed by atoms with van der Waals surface area (Å²) in [6, 6.07) is 16.6. The molecule has 0 unspecified atom stereocenters. The Hall–Kier alpha value is -2.20. The molecule has 1 fully saturated rings. The Morgan fingerprint density at radius 1 is 0.880 bits per heavy atom. The first-order valence-corrected chi connectivity index (χ1v) is 9.56. The largest absolute Gasteiger partial charge is 0.297 e. The number of aryl methyl sites for hydroxylation is 4. The number of hydrogen-bond donors (Lipinski definition) is 1. The standard InChI is InChI=1S/C21H21N3S/c25-21-23-22-20(24(21)18-11-12-18)19-13-16-6-5-14-1-3-15(4-2-14)7-9-17(19)10-8-16/h1-4,8,10,13,18H,5-7,9,11-12H2,(H,23,25). The van der Waals surface area contributed by atoms with Gasteiger partial charge in [-0.15, -0.1) is 0 Å². The minimum atomic E-state index is 0.531. The summed E-state index contributed by atoms with van der Waals surface area (Å²) in [6.07, 6.45) is 6.64. The maximum absolute atomic E-state index is 5.49. The topological polar surface area (TPSA) is 33.6 Å². The van der Waals surface area contributed by atoms with Gasteiger partial charge < -0.3 is 0 Å². The minimum absolute atomic E-state index is 0.531. The zero-order chi connectivity index (χ0) is 16.8. The SMILES string of the molecule is S=c1[nH]nc(-c2cc3ccc2CCc2ccc(cc2)CC3)n1C1CC1. The molecule has 0 radical (unpaired) electrons. The average Bonchev–Trinajstić information content (AvgIpc) is 3.39. The van der Waals surface area contributed by atoms with E-state index in [0.717, 1.165) is 36.3 Å². The number of benzene rings is 2. The van der Waals surface area contributed by atoms with Crippen molar-refractivity contribution >= 4 is 12.2 Å². The molecule has 5 aliphatic rings. The molecule has 126 valence electrons. The zero-order valence-corrected chi connectivity index (χ0v) is 15.0. The maximum atomic E-state index is 5.49. The Bertz CT molecular complexity index is 977. The van der Waals surface area contributed by atoms with E-state index in [1.807, 2.05) is 0 Å². The molecule has 4 bridgehead atoms. The molecule has 0 atom stereocenters. The number of H-pyrrole nitrogens is 1. The van der Waals surface area contributed by atoms with Crippen LogP contribution in [0.2, 0.25) is 0 Å². The summed E-state index contributed by atoms with van der Waals surface area (Å²) in [6.45, 7) is 0. The highest BCUT2D eigenvalue weighted by molar-refractivity contribution is 7.71. The minimum Gasteiger partial charge on any atom is -0.297 e. The van der Waals surface area contributed by atoms with Crippen LogP contribution in [0.1, 0.15) is 41.1 Å². The van der Waals surface area contributed by atoms with Crippen molar-refractivity contribution in [1.29, 1.82) is 0 Å². The summed E-state index contributed by atoms with van der Waals surface area (Å²) in [4.78, 5) is 0. The lowest BCUT2D eigenvalue weighted by molar-refractivity contribution is 0.733. The number of aromatic amines is 1. The second-order valence-corrected chi connectivity index (χ2v) is 7.65. The van der Waals surface area contributed by atoms with Gasteiger partial charge in [0.15, 0.2) is 10.6 Å². The van der Waals surface area contributed by atoms with Gasteiger partial charge in [0.05, 0.1) is 0 Å². The van der Waals surface area contributed by atoms with Crippen molar-refractivity contribution in [2.75, 3.05) is 0 Å². The van der Waals surface area contributed by atoms with Crippen LogP contribution in [0.5, 0.6) is 0 Å². The summed E-state index contributed by atoms with van der Waals surface area (Å²) in [5.41, 5.74) is 6.81. The van der Waals surface area contributed by atoms with Crippen molar-refractivity contribution in [3.05, 3.63) is 69.5 Å². The fourth-order valence-corrected chi connectivity index (χ4v) is 4.09. The molecule has 3 nitrogen and oxygen atoms in total. The molecule has 8 rings (SSSR count). The van der Waals surface area contributed by atoms with Crippen LogP contribution in [0.15, 0.2) is 42.5 Å². The molecule has 1 aromatic heterocycles. The molecular formula is C21H21N3S. The van der Waals surface area contributed by atoms with E-state index in [1.165, 1.54) is 40.7 Å². The van der Waals surface area contributed by atoms with Gasteiger partial charge in [0.25, 0.3) is 0 Å². The number of aromatic nitrogens is 3. The highest BCUT2D eigenvalue weighted by atomic mass is 32.1. The van der Waals surface area contributed by atoms with E-state index in [0.29, 0.717) is 6.04 Å². The highest BCUT2D eigenvalue weighted by Crippen LogP contribution is 2.39. The first kappa shape index (κ1) is 15.1. The molecule has 25 heavy (non-hydrogen) atoms. The number of nitrogens with one attached hydrogen (secondary N) is 1. The van der Waals surface area contributed by atoms with Gasteiger partial charge in [-0.2, -0.15) is 5.10 Å². The van der Waals surface area contributed by atoms with Crippen LogP contribution in [0.3, 0.4) is 0 Å². The quantitative estimate of drug-likeness (QED) is 0.674. The Kier molecular flexibility index (Phi) is 3.59. The lowest BCUT2D eigenvalue weighted by Gasteiger charge is -2.15. The van der Waals surface area contributed by atoms with Crippen LogP contribution < -0.4 is 0 Å². The highest BCUT2D eigenvalue weighted by Gasteiger charge is 2.28. The number of rotatable bonds is 2. The maximum Gasteiger partial charge on any atom is 0.195 e. The van der Waals surface area contributed by atoms with Crippen molar-refractivity contribution in [3.8, 4) is 11.4 Å². The lowest BCUT2D eigenvalue weighted by atomic mass is 9.93. The van der Waals surface area contributed by atoms with E-state index in [4.69, 9.17) is 12.2 Å². The lowest BCUT2D eigenvalue weighted by Crippen LogP contribution is -2.04. The molecule has 3 aromatic rings. The molecule has 1 N–H and O–H groups in total. The van der Waals surface area contributed by atoms with Gasteiger partial charge in [-0.1, -0.05) is 36.4 Å². The van der Waals surface area contributed by atoms with Gasteiger partial charge in [0.2, 0.25) is 0 Å². The first-order valence-electron chi connectivity index (χ1n) is 9.15. The Morgan fingerprint density at radius 3 is 2.24 bits per heavy atom. The smallest absolute Gasteiger partial charge is 0.195 e. The van der Waals surface area contributed by atoms with Crippen LogP contribution in [0, 0.1) is 4.77 Å². The van der Waals surface area contributed by atoms with Crippen LogP contribution in [-0.4, -0.2) is 14.8 Å². The van der Waals surface area contributed by atoms with Gasteiger partial charge in [-0.25, -0.2) is 0 Å². The van der Waals surface area contributed by atoms with Crippen LogP contribution in [0.4, 0.5) is 0 Å². The molecule has 4 heteroatoms. The van der Waals surface area contributed by atoms with Gasteiger partial charge >= 0.3 is 0 Å². The van der Waals surface area contributed by atoms with Crippen LogP contribution in [0.25, 0.3) is 11.4 Å². The molecule has 5 aliphatic carbocycles. The van der Waals surface area contributed by atoms with Crippen molar-refractivity contribution in [1.82, 2.24) is 14.8 Å². The molecule has 2 aromatic carbocycles. The fourth-order valence-electron chi connectivity index (χ4n) is 3.81. The Morgan fingerprint density at radius 2 is 1.52 bits per heavy atom. The Labute approximate surface area is 152 Å². The van der Waals surface area contributed by atoms with Crippen LogP contribution >= 0.6 is 12.2 Å². The molecule has 0 amide bonds. The third kappa shape index (κ3) is 2.85. The van der Waals surface area contributed by atoms with Gasteiger partial charge in [0.1, 0.15) is 0 Å². The molecule has 0 saturated heterocycles. The zero-order valence-electron chi connectivity index (χ0n) is 14.2. The van der Waals surface area contributed by atoms with Gasteiger partial charge in [0, 0.05) is 11.6 Å². The van der Waals surface area contributed by atoms with E-state index >= 15 is 0 Å². The third-order valence-corrected chi connectivity index (χ3v) is 5.73. The van der Waals surface area contributed by atoms with Crippen LogP contribution in [-0.2, 0) is 25.7 Å². The van der Waals surface area contributed by atoms with E-state index < -0.39 is 0 Å². The Balaban J connectivity index is 1.62. The third-order valence-electron chi connectivity index (χ3n) is 5.44. The predicted octanol–water partition coefficient (Wildman–Crippen LogP) is 4.83. The fraction of sp³-hybridized carbons (Fsp3) is 0.333. The first-order chi connectivity index (χ1) is 12.3. The predicted molar refractivity (Wildman–Crippen MR) is 102 cm³/mol. The monoisotopic (exact) mass is 347 g/mol. The molecular weight excluding hydrogens is 326 g/mol. The average molecular weight is 347 g/mol. The van der Waals surface area contributed by atoms with Crippen molar-refractivity contribution in [3.63, 3.8) is 0 Å². The van der Waals surface area contributed by atoms with Gasteiger partial charge in [-0.3, -0.25) is 9.67 Å². The van der Waals surface area contributed by atoms with E-state index in [1.54, 1.807) is 0 Å².